The van der Waals surface area contributed by atoms with Crippen molar-refractivity contribution in [2.75, 3.05) is 20.3 Å². The number of hydrogen-bond donors (Lipinski definition) is 1. The second kappa shape index (κ2) is 10.7. The molecule has 1 saturated heterocycles. The number of fused-ring (bicyclic) bond motifs is 1. The largest absolute Gasteiger partial charge is 0.496 e. The van der Waals surface area contributed by atoms with Crippen LogP contribution in [0.5, 0.6) is 5.75 Å². The molecule has 1 aliphatic rings. The number of imidazole rings is 1. The van der Waals surface area contributed by atoms with Crippen molar-refractivity contribution < 1.29 is 23.4 Å². The highest BCUT2D eigenvalue weighted by Crippen LogP contribution is 2.34. The average molecular weight is 536 g/mol. The average Bonchev–Trinajstić information content (AvgIpc) is 3.58. The van der Waals surface area contributed by atoms with Crippen molar-refractivity contribution >= 4 is 11.6 Å². The first-order valence-electron chi connectivity index (χ1n) is 12.9. The molecule has 2 N–H and O–H groups in total. The van der Waals surface area contributed by atoms with Crippen molar-refractivity contribution in [2.24, 2.45) is 5.73 Å². The first-order valence-corrected chi connectivity index (χ1v) is 12.9. The van der Waals surface area contributed by atoms with Crippen molar-refractivity contribution in [3.8, 4) is 17.3 Å². The highest BCUT2D eigenvalue weighted by molar-refractivity contribution is 5.81. The zero-order valence-electron chi connectivity index (χ0n) is 22.5. The Bertz CT molecular complexity index is 1530. The maximum Gasteiger partial charge on any atom is 0.335 e. The van der Waals surface area contributed by atoms with Crippen molar-refractivity contribution in [1.82, 2.24) is 18.9 Å². The number of primary amides is 1. The Morgan fingerprint density at radius 3 is 2.67 bits per heavy atom. The highest BCUT2D eigenvalue weighted by atomic mass is 16.5. The summed E-state index contributed by atoms with van der Waals surface area (Å²) in [4.78, 5) is 35.2. The molecule has 1 amide bonds. The van der Waals surface area contributed by atoms with E-state index in [0.29, 0.717) is 53.9 Å². The van der Waals surface area contributed by atoms with E-state index in [2.05, 4.69) is 4.98 Å². The molecule has 11 heteroatoms. The molecular formula is C28H33N5O6. The molecule has 1 fully saturated rings. The summed E-state index contributed by atoms with van der Waals surface area (Å²) in [5.74, 6) is 0.346. The Balaban J connectivity index is 1.70. The number of hydrogen-bond acceptors (Lipinski definition) is 8. The fraction of sp³-hybridized carbons (Fsp3) is 0.429. The number of aromatic nitrogens is 4. The molecule has 4 heterocycles. The Hall–Kier alpha value is -3.96. The minimum Gasteiger partial charge on any atom is -0.496 e. The van der Waals surface area contributed by atoms with E-state index in [1.165, 1.54) is 21.4 Å². The maximum absolute atomic E-state index is 13.8. The summed E-state index contributed by atoms with van der Waals surface area (Å²) in [6.45, 7) is 6.25. The van der Waals surface area contributed by atoms with Gasteiger partial charge in [-0.1, -0.05) is 18.2 Å². The standard InChI is InChI=1S/C28H33N5O6/c1-17-23(25-30-11-14-38-25)31-24-18(16-32(27(35)33(17)24)28(2,3)26(29)34)15-22(39-19-9-12-37-13-10-19)20-7-5-6-8-21(20)36-4/h5-8,11,14,16,19,22H,9-10,12-13,15H2,1-4H3,(H2,29,34)/t22-/m0/s1. The van der Waals surface area contributed by atoms with Crippen molar-refractivity contribution in [1.29, 1.82) is 0 Å². The Kier molecular flexibility index (Phi) is 7.28. The van der Waals surface area contributed by atoms with Gasteiger partial charge in [-0.25, -0.2) is 19.2 Å². The molecule has 5 rings (SSSR count). The molecule has 1 aromatic carbocycles. The number of carbonyl (C=O) groups is 1. The number of nitrogens with zero attached hydrogens (tertiary/aromatic N) is 4. The zero-order chi connectivity index (χ0) is 27.7. The van der Waals surface area contributed by atoms with E-state index in [1.807, 2.05) is 24.3 Å². The first kappa shape index (κ1) is 26.6. The van der Waals surface area contributed by atoms with Crippen LogP contribution in [0.1, 0.15) is 49.6 Å². The summed E-state index contributed by atoms with van der Waals surface area (Å²) in [5, 5.41) is 0. The molecule has 0 aliphatic carbocycles. The van der Waals surface area contributed by atoms with Crippen LogP contribution in [0.15, 0.2) is 52.1 Å². The van der Waals surface area contributed by atoms with Crippen LogP contribution in [0.25, 0.3) is 17.2 Å². The van der Waals surface area contributed by atoms with Gasteiger partial charge in [0.2, 0.25) is 11.8 Å². The van der Waals surface area contributed by atoms with Gasteiger partial charge in [-0.2, -0.15) is 0 Å². The molecule has 0 spiro atoms. The van der Waals surface area contributed by atoms with E-state index in [-0.39, 0.29) is 6.10 Å². The lowest BCUT2D eigenvalue weighted by Crippen LogP contribution is -2.48. The third-order valence-corrected chi connectivity index (χ3v) is 7.33. The molecule has 0 saturated carbocycles. The van der Waals surface area contributed by atoms with Gasteiger partial charge >= 0.3 is 5.69 Å². The fourth-order valence-corrected chi connectivity index (χ4v) is 4.94. The van der Waals surface area contributed by atoms with Crippen LogP contribution in [0.2, 0.25) is 0 Å². The number of amides is 1. The lowest BCUT2D eigenvalue weighted by molar-refractivity contribution is -0.125. The molecule has 0 unspecified atom stereocenters. The molecule has 39 heavy (non-hydrogen) atoms. The van der Waals surface area contributed by atoms with Gasteiger partial charge in [-0.05, 0) is 39.7 Å². The molecule has 1 aliphatic heterocycles. The van der Waals surface area contributed by atoms with Crippen LogP contribution >= 0.6 is 0 Å². The quantitative estimate of drug-likeness (QED) is 0.345. The minimum absolute atomic E-state index is 0.0120. The molecule has 0 radical (unpaired) electrons. The summed E-state index contributed by atoms with van der Waals surface area (Å²) in [7, 11) is 1.62. The SMILES string of the molecule is COc1ccccc1[C@H](Cc1cn(C(C)(C)C(N)=O)c(=O)n2c(C)c(-c3ncco3)nc12)OC1CCOCC1. The smallest absolute Gasteiger partial charge is 0.335 e. The molecule has 1 atom stereocenters. The van der Waals surface area contributed by atoms with Crippen LogP contribution in [0.4, 0.5) is 0 Å². The molecule has 206 valence electrons. The van der Waals surface area contributed by atoms with Crippen molar-refractivity contribution in [2.45, 2.75) is 57.8 Å². The van der Waals surface area contributed by atoms with Gasteiger partial charge in [0.05, 0.1) is 31.2 Å². The normalized spacial score (nSPS) is 15.5. The number of ether oxygens (including phenoxy) is 3. The van der Waals surface area contributed by atoms with E-state index in [4.69, 9.17) is 29.3 Å². The summed E-state index contributed by atoms with van der Waals surface area (Å²) in [5.41, 5.74) is 6.95. The number of benzene rings is 1. The van der Waals surface area contributed by atoms with Gasteiger partial charge in [-0.3, -0.25) is 9.36 Å². The third kappa shape index (κ3) is 4.95. The topological polar surface area (TPSA) is 136 Å². The molecule has 3 aromatic heterocycles. The van der Waals surface area contributed by atoms with Crippen LogP contribution in [-0.2, 0) is 26.2 Å². The molecule has 11 nitrogen and oxygen atoms in total. The van der Waals surface area contributed by atoms with E-state index in [0.717, 1.165) is 18.4 Å². The van der Waals surface area contributed by atoms with Crippen LogP contribution < -0.4 is 16.2 Å². The van der Waals surface area contributed by atoms with Gasteiger partial charge in [0.25, 0.3) is 0 Å². The Labute approximate surface area is 225 Å². The summed E-state index contributed by atoms with van der Waals surface area (Å²) in [6.07, 6.45) is 6.07. The summed E-state index contributed by atoms with van der Waals surface area (Å²) >= 11 is 0. The van der Waals surface area contributed by atoms with Gasteiger partial charge in [0.15, 0.2) is 0 Å². The monoisotopic (exact) mass is 535 g/mol. The van der Waals surface area contributed by atoms with E-state index >= 15 is 0 Å². The molecule has 4 aromatic rings. The Morgan fingerprint density at radius 2 is 2.00 bits per heavy atom. The second-order valence-corrected chi connectivity index (χ2v) is 10.2. The van der Waals surface area contributed by atoms with Crippen molar-refractivity contribution in [3.05, 3.63) is 70.2 Å². The number of carbonyl (C=O) groups excluding carboxylic acids is 1. The molecular weight excluding hydrogens is 502 g/mol. The van der Waals surface area contributed by atoms with Crippen LogP contribution in [0.3, 0.4) is 0 Å². The van der Waals surface area contributed by atoms with E-state index in [9.17, 15) is 9.59 Å². The van der Waals surface area contributed by atoms with Gasteiger partial charge in [0, 0.05) is 37.0 Å². The Morgan fingerprint density at radius 1 is 1.26 bits per heavy atom. The molecule has 0 bridgehead atoms. The van der Waals surface area contributed by atoms with Crippen LogP contribution in [-0.4, -0.2) is 51.3 Å². The number of oxazole rings is 1. The van der Waals surface area contributed by atoms with E-state index in [1.54, 1.807) is 34.1 Å². The third-order valence-electron chi connectivity index (χ3n) is 7.33. The number of para-hydroxylation sites is 1. The number of aryl methyl sites for hydroxylation is 1. The number of rotatable bonds is 9. The second-order valence-electron chi connectivity index (χ2n) is 10.2. The lowest BCUT2D eigenvalue weighted by Gasteiger charge is -2.30. The van der Waals surface area contributed by atoms with Gasteiger partial charge in [-0.15, -0.1) is 0 Å². The summed E-state index contributed by atoms with van der Waals surface area (Å²) in [6, 6.07) is 7.70. The fourth-order valence-electron chi connectivity index (χ4n) is 4.94. The number of nitrogens with two attached hydrogens (primary N) is 1. The number of methoxy groups -OCH3 is 1. The van der Waals surface area contributed by atoms with Gasteiger partial charge < -0.3 is 24.4 Å². The van der Waals surface area contributed by atoms with E-state index < -0.39 is 23.2 Å². The highest BCUT2D eigenvalue weighted by Gasteiger charge is 2.32. The first-order chi connectivity index (χ1) is 18.7. The summed E-state index contributed by atoms with van der Waals surface area (Å²) < 4.78 is 26.2. The van der Waals surface area contributed by atoms with Gasteiger partial charge in [0.1, 0.15) is 28.9 Å². The predicted octanol–water partition coefficient (Wildman–Crippen LogP) is 3.17. The van der Waals surface area contributed by atoms with Crippen molar-refractivity contribution in [3.63, 3.8) is 0 Å². The van der Waals surface area contributed by atoms with Crippen LogP contribution in [0, 0.1) is 6.92 Å². The predicted molar refractivity (Wildman–Crippen MR) is 143 cm³/mol. The zero-order valence-corrected chi connectivity index (χ0v) is 22.5. The maximum atomic E-state index is 13.8. The lowest BCUT2D eigenvalue weighted by atomic mass is 9.99. The minimum atomic E-state index is -1.30.